The van der Waals surface area contributed by atoms with Gasteiger partial charge >= 0.3 is 0 Å². The lowest BCUT2D eigenvalue weighted by atomic mass is 9.55. The van der Waals surface area contributed by atoms with Gasteiger partial charge in [-0.2, -0.15) is 0 Å². The van der Waals surface area contributed by atoms with Gasteiger partial charge in [-0.1, -0.05) is 103 Å². The summed E-state index contributed by atoms with van der Waals surface area (Å²) in [6.07, 6.45) is 9.16. The van der Waals surface area contributed by atoms with Gasteiger partial charge in [0.2, 0.25) is 5.79 Å². The first-order valence-corrected chi connectivity index (χ1v) is 21.6. The summed E-state index contributed by atoms with van der Waals surface area (Å²) in [5.74, 6) is 0.206. The first-order chi connectivity index (χ1) is 29.9. The Morgan fingerprint density at radius 2 is 1.56 bits per heavy atom. The molecule has 8 rings (SSSR count). The predicted molar refractivity (Wildman–Crippen MR) is 240 cm³/mol. The number of ether oxygens (including phenoxy) is 3. The second-order valence-electron chi connectivity index (χ2n) is 16.4. The Bertz CT molecular complexity index is 2380. The van der Waals surface area contributed by atoms with E-state index < -0.39 is 17.7 Å². The number of hydrogen-bond acceptors (Lipinski definition) is 8. The number of amides is 1. The highest BCUT2D eigenvalue weighted by molar-refractivity contribution is 6.04. The normalized spacial score (nSPS) is 23.3. The van der Waals surface area contributed by atoms with Crippen molar-refractivity contribution in [3.63, 3.8) is 0 Å². The first kappa shape index (κ1) is 42.0. The molecule has 0 saturated heterocycles. The van der Waals surface area contributed by atoms with Gasteiger partial charge in [-0.3, -0.25) is 4.79 Å². The molecule has 61 heavy (non-hydrogen) atoms. The van der Waals surface area contributed by atoms with E-state index >= 15 is 0 Å². The van der Waals surface area contributed by atoms with Crippen molar-refractivity contribution in [1.82, 2.24) is 4.90 Å². The number of aliphatic hydroxyl groups is 2. The molecule has 0 unspecified atom stereocenters. The van der Waals surface area contributed by atoms with Gasteiger partial charge in [0.05, 0.1) is 18.2 Å². The number of aliphatic hydroxyl groups excluding tert-OH is 2. The Morgan fingerprint density at radius 3 is 2.30 bits per heavy atom. The van der Waals surface area contributed by atoms with E-state index in [0.717, 1.165) is 64.4 Å². The average molecular weight is 821 g/mol. The van der Waals surface area contributed by atoms with E-state index in [4.69, 9.17) is 19.0 Å². The molecule has 0 aromatic heterocycles. The Morgan fingerprint density at radius 1 is 0.852 bits per heavy atom. The fraction of sp³-hybridized carbons (Fsp3) is 0.346. The van der Waals surface area contributed by atoms with Crippen LogP contribution in [-0.2, 0) is 9.57 Å². The molecule has 9 nitrogen and oxygen atoms in total. The van der Waals surface area contributed by atoms with E-state index in [2.05, 4.69) is 48.1 Å². The first-order valence-electron chi connectivity index (χ1n) is 21.6. The summed E-state index contributed by atoms with van der Waals surface area (Å²) in [4.78, 5) is 22.1. The molecule has 316 valence electrons. The molecule has 5 aromatic rings. The minimum absolute atomic E-state index is 0.0952. The van der Waals surface area contributed by atoms with Crippen molar-refractivity contribution in [2.24, 2.45) is 22.9 Å². The maximum absolute atomic E-state index is 14.7. The number of likely N-dealkylation sites (N-methyl/N-ethyl adjacent to an activating group) is 1. The van der Waals surface area contributed by atoms with Gasteiger partial charge in [-0.05, 0) is 107 Å². The van der Waals surface area contributed by atoms with Crippen LogP contribution in [-0.4, -0.2) is 72.5 Å². The van der Waals surface area contributed by atoms with Crippen molar-refractivity contribution >= 4 is 22.4 Å². The molecule has 1 aliphatic heterocycles. The number of oxime groups is 1. The Balaban J connectivity index is 1.26. The van der Waals surface area contributed by atoms with E-state index in [0.29, 0.717) is 42.1 Å². The molecule has 1 saturated carbocycles. The number of rotatable bonds is 17. The topological polar surface area (TPSA) is 110 Å². The van der Waals surface area contributed by atoms with Crippen molar-refractivity contribution in [1.29, 1.82) is 0 Å². The molecule has 0 bridgehead atoms. The highest BCUT2D eigenvalue weighted by Crippen LogP contribution is 2.62. The summed E-state index contributed by atoms with van der Waals surface area (Å²) in [6.45, 7) is 4.46. The van der Waals surface area contributed by atoms with Gasteiger partial charge in [-0.25, -0.2) is 0 Å². The zero-order valence-corrected chi connectivity index (χ0v) is 35.1. The van der Waals surface area contributed by atoms with Gasteiger partial charge in [0.15, 0.2) is 0 Å². The molecule has 1 heterocycles. The molecular weight excluding hydrogens is 765 g/mol. The van der Waals surface area contributed by atoms with Crippen molar-refractivity contribution in [2.45, 2.75) is 62.7 Å². The molecule has 9 heteroatoms. The summed E-state index contributed by atoms with van der Waals surface area (Å²) in [7, 11) is 3.38. The maximum Gasteiger partial charge on any atom is 0.254 e. The van der Waals surface area contributed by atoms with E-state index in [1.54, 1.807) is 18.1 Å². The maximum atomic E-state index is 14.7. The summed E-state index contributed by atoms with van der Waals surface area (Å²) in [5, 5.41) is 26.5. The minimum atomic E-state index is -1.34. The Kier molecular flexibility index (Phi) is 13.0. The minimum Gasteiger partial charge on any atom is -0.459 e. The van der Waals surface area contributed by atoms with Crippen LogP contribution >= 0.6 is 0 Å². The summed E-state index contributed by atoms with van der Waals surface area (Å²) < 4.78 is 21.0. The van der Waals surface area contributed by atoms with Crippen LogP contribution in [0.4, 0.5) is 0 Å². The van der Waals surface area contributed by atoms with Crippen LogP contribution in [0.1, 0.15) is 66.8 Å². The molecule has 5 aromatic carbocycles. The predicted octanol–water partition coefficient (Wildman–Crippen LogP) is 10.3. The highest BCUT2D eigenvalue weighted by Gasteiger charge is 2.65. The third-order valence-electron chi connectivity index (χ3n) is 12.8. The number of hydrogen-bond donors (Lipinski definition) is 2. The number of carbonyl (C=O) groups is 1. The summed E-state index contributed by atoms with van der Waals surface area (Å²) in [6, 6.07) is 37.6. The van der Waals surface area contributed by atoms with Gasteiger partial charge < -0.3 is 34.2 Å². The molecule has 2 N–H and O–H groups in total. The van der Waals surface area contributed by atoms with Crippen LogP contribution in [0.15, 0.2) is 145 Å². The number of fused-ring (bicyclic) bond motifs is 3. The number of benzene rings is 5. The standard InChI is InChI=1S/C52H56N2O7/c1-4-30-59-52-48(54(2)51(57)40-21-20-36-16-8-9-17-38(36)31-40)34-46(53-58-3)44-32-39(18-10-12-28-55)43(19-11-13-29-56)49(50(44)52)45-33-42(26-27-47(45)61-52)60-41-24-22-37(23-25-41)35-14-6-5-7-15-35/h4-9,14-17,20-27,31-33,39,43,48-50,55-56H,1,10-13,18-19,28-30,34H2,2-3H3/t39-,43+,48-,49+,50+,52+/m0/s1. The molecule has 0 radical (unpaired) electrons. The Hall–Kier alpha value is -5.74. The van der Waals surface area contributed by atoms with Gasteiger partial charge in [-0.15, -0.1) is 6.58 Å². The summed E-state index contributed by atoms with van der Waals surface area (Å²) in [5.41, 5.74) is 5.53. The second-order valence-corrected chi connectivity index (χ2v) is 16.4. The lowest BCUT2D eigenvalue weighted by Crippen LogP contribution is -2.69. The number of unbranched alkanes of at least 4 members (excludes halogenated alkanes) is 2. The highest BCUT2D eigenvalue weighted by atomic mass is 16.7. The van der Waals surface area contributed by atoms with Gasteiger partial charge in [0.1, 0.15) is 30.4 Å². The lowest BCUT2D eigenvalue weighted by molar-refractivity contribution is -0.252. The van der Waals surface area contributed by atoms with Crippen LogP contribution in [0.5, 0.6) is 17.2 Å². The van der Waals surface area contributed by atoms with Crippen LogP contribution in [0.3, 0.4) is 0 Å². The third-order valence-corrected chi connectivity index (χ3v) is 12.8. The SMILES string of the molecule is C=CCO[C@@]12Oc3ccc(Oc4ccc(-c5ccccc5)cc4)cc3[C@H]3[C@H](CCCCO)[C@@H](CCCCO)C=C(C(=NOC)C[C@@H]1N(C)C(=O)c1ccc4ccccc4c1)[C@H]32. The lowest BCUT2D eigenvalue weighted by Gasteiger charge is -2.59. The molecule has 0 spiro atoms. The fourth-order valence-corrected chi connectivity index (χ4v) is 10.1. The van der Waals surface area contributed by atoms with E-state index in [9.17, 15) is 15.0 Å². The molecule has 1 amide bonds. The van der Waals surface area contributed by atoms with E-state index in [1.165, 1.54) is 0 Å². The van der Waals surface area contributed by atoms with Crippen LogP contribution in [0.2, 0.25) is 0 Å². The van der Waals surface area contributed by atoms with Crippen LogP contribution in [0.25, 0.3) is 21.9 Å². The van der Waals surface area contributed by atoms with Gasteiger partial charge in [0.25, 0.3) is 5.91 Å². The van der Waals surface area contributed by atoms with E-state index in [-0.39, 0.29) is 43.5 Å². The van der Waals surface area contributed by atoms with Gasteiger partial charge in [0, 0.05) is 43.7 Å². The summed E-state index contributed by atoms with van der Waals surface area (Å²) >= 11 is 0. The average Bonchev–Trinajstić information content (AvgIpc) is 3.30. The van der Waals surface area contributed by atoms with Crippen LogP contribution in [0, 0.1) is 17.8 Å². The number of nitrogens with zero attached hydrogens (tertiary/aromatic N) is 2. The van der Waals surface area contributed by atoms with Crippen LogP contribution < -0.4 is 9.47 Å². The fourth-order valence-electron chi connectivity index (χ4n) is 10.1. The van der Waals surface area contributed by atoms with Crippen molar-refractivity contribution in [3.05, 3.63) is 151 Å². The number of allylic oxidation sites excluding steroid dienone is 1. The second kappa shape index (κ2) is 18.9. The zero-order valence-electron chi connectivity index (χ0n) is 35.1. The van der Waals surface area contributed by atoms with Crippen molar-refractivity contribution in [2.75, 3.05) is 34.0 Å². The zero-order chi connectivity index (χ0) is 42.3. The monoisotopic (exact) mass is 820 g/mol. The molecule has 3 aliphatic rings. The molecular formula is C52H56N2O7. The van der Waals surface area contributed by atoms with Crippen molar-refractivity contribution < 1.29 is 34.1 Å². The largest absolute Gasteiger partial charge is 0.459 e. The Labute approximate surface area is 358 Å². The van der Waals surface area contributed by atoms with Crippen molar-refractivity contribution in [3.8, 4) is 28.4 Å². The smallest absolute Gasteiger partial charge is 0.254 e. The number of carbonyl (C=O) groups excluding carboxylic acids is 1. The third kappa shape index (κ3) is 8.47. The quantitative estimate of drug-likeness (QED) is 0.0546. The van der Waals surface area contributed by atoms with E-state index in [1.807, 2.05) is 92.0 Å². The molecule has 6 atom stereocenters. The molecule has 2 aliphatic carbocycles. The molecule has 1 fully saturated rings.